The number of thioether (sulfide) groups is 1. The molecular formula is C116H159N9O13S. The van der Waals surface area contributed by atoms with Crippen LogP contribution in [0.3, 0.4) is 0 Å². The highest BCUT2D eigenvalue weighted by Crippen LogP contribution is 2.68. The van der Waals surface area contributed by atoms with Crippen molar-refractivity contribution in [2.75, 3.05) is 51.6 Å². The molecule has 4 aromatic rings. The maximum atomic E-state index is 14.3. The van der Waals surface area contributed by atoms with Gasteiger partial charge in [-0.3, -0.25) is 48.2 Å². The molecule has 4 saturated carbocycles. The van der Waals surface area contributed by atoms with Crippen molar-refractivity contribution >= 4 is 64.6 Å². The van der Waals surface area contributed by atoms with Gasteiger partial charge in [0.1, 0.15) is 0 Å². The first-order valence-corrected chi connectivity index (χ1v) is 55.1. The summed E-state index contributed by atoms with van der Waals surface area (Å²) in [5.74, 6) is 5.79. The number of nitrogens with zero attached hydrogens (tertiary/aromatic N) is 2. The molecule has 2 spiro atoms. The minimum Gasteiger partial charge on any atom is -0.393 e. The summed E-state index contributed by atoms with van der Waals surface area (Å²) < 4.78 is 14.8. The Morgan fingerprint density at radius 2 is 0.935 bits per heavy atom. The first kappa shape index (κ1) is 102. The Balaban J connectivity index is 0.000000203. The van der Waals surface area contributed by atoms with E-state index >= 15 is 0 Å². The number of nitrogens with two attached hydrogens (primary N) is 1. The minimum atomic E-state index is -0.699. The number of aliphatic hydroxyl groups excluding tert-OH is 2. The lowest BCUT2D eigenvalue weighted by Gasteiger charge is -2.49. The van der Waals surface area contributed by atoms with Crippen LogP contribution in [0.25, 0.3) is 0 Å². The van der Waals surface area contributed by atoms with Crippen LogP contribution in [0.15, 0.2) is 155 Å². The fourth-order valence-corrected chi connectivity index (χ4v) is 30.9. The number of carbonyl (C=O) groups is 9. The van der Waals surface area contributed by atoms with E-state index in [9.17, 15) is 53.4 Å². The Bertz CT molecular complexity index is 5200. The van der Waals surface area contributed by atoms with Crippen molar-refractivity contribution in [2.45, 2.75) is 351 Å². The van der Waals surface area contributed by atoms with E-state index in [0.29, 0.717) is 181 Å². The third kappa shape index (κ3) is 22.1. The third-order valence-electron chi connectivity index (χ3n) is 36.9. The number of hydrogen-bond donors (Lipinski definition) is 9. The van der Waals surface area contributed by atoms with Crippen LogP contribution in [0.5, 0.6) is 0 Å². The van der Waals surface area contributed by atoms with Gasteiger partial charge < -0.3 is 57.3 Å². The number of hydrogen-bond acceptors (Lipinski definition) is 17. The number of ketones is 4. The average Bonchev–Trinajstić information content (AvgIpc) is 1.55. The first-order valence-electron chi connectivity index (χ1n) is 54.0. The van der Waals surface area contributed by atoms with Crippen molar-refractivity contribution in [2.24, 2.45) is 75.7 Å². The second kappa shape index (κ2) is 44.9. The van der Waals surface area contributed by atoms with Crippen molar-refractivity contribution < 1.29 is 62.8 Å². The Morgan fingerprint density at radius 3 is 1.40 bits per heavy atom. The van der Waals surface area contributed by atoms with Gasteiger partial charge in [-0.25, -0.2) is 4.79 Å². The molecule has 3 unspecified atom stereocenters. The predicted octanol–water partition coefficient (Wildman–Crippen LogP) is 18.0. The van der Waals surface area contributed by atoms with Crippen molar-refractivity contribution in [1.29, 1.82) is 0 Å². The monoisotopic (exact) mass is 1920 g/mol. The predicted molar refractivity (Wildman–Crippen MR) is 546 cm³/mol. The lowest BCUT2D eigenvalue weighted by molar-refractivity contribution is -0.122. The Morgan fingerprint density at radius 1 is 0.504 bits per heavy atom. The van der Waals surface area contributed by atoms with E-state index < -0.39 is 12.1 Å². The maximum Gasteiger partial charge on any atom is 0.315 e. The van der Waals surface area contributed by atoms with E-state index in [1.165, 1.54) is 41.6 Å². The highest BCUT2D eigenvalue weighted by atomic mass is 32.2. The first-order chi connectivity index (χ1) is 67.0. The number of aliphatic hydroxyl groups is 2. The number of unbranched alkanes of at least 4 members (excludes halogenated alkanes) is 5. The van der Waals surface area contributed by atoms with Crippen LogP contribution < -0.4 is 37.6 Å². The summed E-state index contributed by atoms with van der Waals surface area (Å²) >= 11 is 1.90. The summed E-state index contributed by atoms with van der Waals surface area (Å²) in [5, 5.41) is 39.7. The molecule has 8 aliphatic carbocycles. The molecule has 6 saturated heterocycles. The highest BCUT2D eigenvalue weighted by Gasteiger charge is 2.65. The quantitative estimate of drug-likeness (QED) is 0.00871. The molecule has 10 N–H and O–H groups in total. The van der Waals surface area contributed by atoms with Crippen molar-refractivity contribution in [3.05, 3.63) is 188 Å². The molecule has 18 rings (SSSR count). The number of ether oxygens (including phenoxy) is 2. The molecule has 0 bridgehead atoms. The van der Waals surface area contributed by atoms with Gasteiger partial charge in [0.15, 0.2) is 23.1 Å². The molecule has 0 radical (unpaired) electrons. The van der Waals surface area contributed by atoms with Gasteiger partial charge in [0.05, 0.1) is 59.8 Å². The molecular weight excluding hydrogens is 1760 g/mol. The van der Waals surface area contributed by atoms with Crippen LogP contribution in [-0.2, 0) is 28.7 Å². The summed E-state index contributed by atoms with van der Waals surface area (Å²) in [7, 11) is 0. The van der Waals surface area contributed by atoms with Gasteiger partial charge in [-0.1, -0.05) is 174 Å². The van der Waals surface area contributed by atoms with Crippen LogP contribution in [0, 0.1) is 70.0 Å². The van der Waals surface area contributed by atoms with Crippen LogP contribution in [0.2, 0.25) is 0 Å². The summed E-state index contributed by atoms with van der Waals surface area (Å²) in [6, 6.07) is 31.1. The van der Waals surface area contributed by atoms with Crippen molar-refractivity contribution in [1.82, 2.24) is 41.7 Å². The smallest absolute Gasteiger partial charge is 0.315 e. The van der Waals surface area contributed by atoms with Gasteiger partial charge in [0.25, 0.3) is 11.8 Å². The third-order valence-corrected chi connectivity index (χ3v) is 38.4. The van der Waals surface area contributed by atoms with E-state index in [0.717, 1.165) is 173 Å². The molecule has 14 aliphatic rings. The average molecular weight is 1920 g/mol. The molecule has 0 aromatic heterocycles. The fraction of sp³-hybridized carbons (Fsp3) is 0.647. The normalized spacial score (nSPS) is 33.3. The number of likely N-dealkylation sites (tertiary alicyclic amines) is 2. The van der Waals surface area contributed by atoms with Gasteiger partial charge >= 0.3 is 6.03 Å². The number of fused-ring (bicyclic) bond motifs is 13. The van der Waals surface area contributed by atoms with E-state index in [-0.39, 0.29) is 117 Å². The van der Waals surface area contributed by atoms with Crippen LogP contribution >= 0.6 is 11.8 Å². The number of benzene rings is 4. The molecule has 6 aliphatic heterocycles. The van der Waals surface area contributed by atoms with E-state index in [4.69, 9.17) is 15.2 Å². The van der Waals surface area contributed by atoms with E-state index in [1.807, 2.05) is 48.2 Å². The second-order valence-electron chi connectivity index (χ2n) is 45.3. The SMILES string of the molecule is CC1=C2C[C@H]3[C@@H](CC=C4C[C@@H](O)CC[C@@]43C)[C@@H]2CC[C@]12O[C@@H]1C[C@H](C)CN(CCCC(=O)C(CCCCN)NC(=O)c3ccc(C(=O)c4ccccc4)cc3)[C@H]1[C@H]2C.CC1=C2C[C@H]3[C@@H](CC=C4C[C@@H](O)CC[C@@]43C)[C@@H]2CC[C@]12O[C@@H]1C[C@H](C)CN(CCCC(=O)C(CCCCNC(=O)CCCCCNC(=O)CCCCC3SC[C@@H]4NC(=O)N[C@H]34)NC(=O)c3ccc(C(=O)c4ccccc4)cc3)[C@H]1[C@H]2C. The number of piperidine rings is 2. The zero-order valence-corrected chi connectivity index (χ0v) is 85.0. The van der Waals surface area contributed by atoms with Crippen molar-refractivity contribution in [3.63, 3.8) is 0 Å². The number of rotatable bonds is 38. The van der Waals surface area contributed by atoms with Gasteiger partial charge in [-0.2, -0.15) is 11.8 Å². The topological polar surface area (TPSA) is 317 Å². The van der Waals surface area contributed by atoms with Gasteiger partial charge in [0, 0.05) is 120 Å². The van der Waals surface area contributed by atoms with E-state index in [2.05, 4.69) is 109 Å². The molecule has 23 heteroatoms. The Hall–Kier alpha value is -8.26. The lowest BCUT2D eigenvalue weighted by atomic mass is 9.56. The molecule has 4 aromatic carbocycles. The zero-order chi connectivity index (χ0) is 97.6. The molecule has 10 fully saturated rings. The standard InChI is InChI=1S/C66H92N6O8S.C50H67N3O5/c1-41-36-56-61(43(3)66(80-56)32-30-49-50-28-27-47-37-48(73)29-31-65(47,4)52(50)38-51(49)42(66)2)72(39-41)35-15-19-55(74)53(69-63(78)46-25-23-45(24-26-46)62(77)44-16-7-5-8-17-44)18-12-14-34-68-58(75)21-9-6-13-33-67-59(76)22-11-10-20-57-60-54(40-81-57)70-64(79)71-60;1-31-27-45-46(33(3)50(58-45)24-22-39-40-20-19-37-28-38(54)21-23-49(37,4)42(40)29-41(39)32(50)2)53(30-31)26-10-14-44(55)43(13-8-9-25-51)52-48(57)36-17-15-35(16-18-36)47(56)34-11-6-5-7-12-34/h5,7-8,16-17,23-27,41,43,48-50,52-54,56-57,60-61,73H,6,9-15,18-22,28-40H2,1-4H3,(H,67,76)(H,68,75)(H,69,78)(H2,70,71,79);5-7,11-12,15-19,31,33,38-40,42-43,45-46,54H,8-10,13-14,20-30,51H2,1-4H3,(H,52,57)/t41-,43+,48-,49-,50-,52-,53?,54-,56+,57?,60-,61-,65-,66-;31-,33+,38-,39-,40-,42-,43?,45+,46-,49-,50-/m00/s1. The van der Waals surface area contributed by atoms with Gasteiger partial charge in [-0.15, -0.1) is 0 Å². The lowest BCUT2D eigenvalue weighted by Crippen LogP contribution is -2.52. The Kier molecular flexibility index (Phi) is 33.0. The summed E-state index contributed by atoms with van der Waals surface area (Å²) in [6.45, 7) is 24.6. The van der Waals surface area contributed by atoms with E-state index in [1.54, 1.807) is 83.9 Å². The molecule has 139 heavy (non-hydrogen) atoms. The van der Waals surface area contributed by atoms with Crippen molar-refractivity contribution in [3.8, 4) is 0 Å². The Labute approximate surface area is 830 Å². The minimum absolute atomic E-state index is 0.00407. The van der Waals surface area contributed by atoms with Crippen LogP contribution in [-0.4, -0.2) is 201 Å². The van der Waals surface area contributed by atoms with Crippen LogP contribution in [0.1, 0.15) is 326 Å². The molecule has 6 amide bonds. The number of urea groups is 1. The highest BCUT2D eigenvalue weighted by molar-refractivity contribution is 8.00. The zero-order valence-electron chi connectivity index (χ0n) is 84.1. The van der Waals surface area contributed by atoms with Gasteiger partial charge in [0.2, 0.25) is 11.8 Å². The molecule has 752 valence electrons. The van der Waals surface area contributed by atoms with Crippen LogP contribution in [0.4, 0.5) is 4.79 Å². The number of amides is 6. The summed E-state index contributed by atoms with van der Waals surface area (Å²) in [5.41, 5.74) is 18.1. The number of carbonyl (C=O) groups excluding carboxylic acids is 9. The summed E-state index contributed by atoms with van der Waals surface area (Å²) in [4.78, 5) is 124. The molecule has 6 heterocycles. The van der Waals surface area contributed by atoms with Gasteiger partial charge in [-0.05, 0) is 307 Å². The molecule has 25 atom stereocenters. The molecule has 22 nitrogen and oxygen atoms in total. The largest absolute Gasteiger partial charge is 0.393 e. The number of nitrogens with one attached hydrogen (secondary N) is 6. The number of allylic oxidation sites excluding steroid dienone is 4. The number of Topliss-reactive ketones (excluding diaryl/α,β-unsaturated/α-hetero) is 2. The fourth-order valence-electron chi connectivity index (χ4n) is 29.3. The summed E-state index contributed by atoms with van der Waals surface area (Å²) in [6.07, 6.45) is 34.0. The maximum absolute atomic E-state index is 14.3. The second-order valence-corrected chi connectivity index (χ2v) is 46.6.